The molecule has 1 atom stereocenters. The molecule has 1 aliphatic rings. The molecule has 0 saturated carbocycles. The normalized spacial score (nSPS) is 15.5. The maximum atomic E-state index is 12.3. The number of rotatable bonds is 5. The van der Waals surface area contributed by atoms with E-state index < -0.39 is 5.91 Å². The van der Waals surface area contributed by atoms with Gasteiger partial charge in [0, 0.05) is 40.3 Å². The Bertz CT molecular complexity index is 901. The van der Waals surface area contributed by atoms with Gasteiger partial charge in [-0.25, -0.2) is 14.8 Å². The Morgan fingerprint density at radius 3 is 2.58 bits per heavy atom. The first kappa shape index (κ1) is 24.3. The minimum Gasteiger partial charge on any atom is -0.364 e. The summed E-state index contributed by atoms with van der Waals surface area (Å²) in [5.41, 5.74) is 6.40. The van der Waals surface area contributed by atoms with E-state index in [9.17, 15) is 9.59 Å². The quantitative estimate of drug-likeness (QED) is 0.721. The van der Waals surface area contributed by atoms with Gasteiger partial charge in [-0.05, 0) is 37.4 Å². The molecule has 31 heavy (non-hydrogen) atoms. The van der Waals surface area contributed by atoms with E-state index in [1.807, 2.05) is 43.7 Å². The van der Waals surface area contributed by atoms with Crippen molar-refractivity contribution in [2.45, 2.75) is 39.7 Å². The number of carbonyl (C=O) groups is 2. The third-order valence-electron chi connectivity index (χ3n) is 4.82. The van der Waals surface area contributed by atoms with Crippen LogP contribution in [0.15, 0.2) is 12.3 Å². The second-order valence-electron chi connectivity index (χ2n) is 7.28. The summed E-state index contributed by atoms with van der Waals surface area (Å²) in [6, 6.07) is 1.96. The second-order valence-corrected chi connectivity index (χ2v) is 8.08. The average molecular weight is 449 g/mol. The standard InChI is InChI=1S/C18H26N8O2S.C2H6/c1-11-8-14(29-23-11)22-17-15(16(19)27)20-9-13(21-17)25(4)12-6-5-7-26(10-12)18(28)24(2)3;1-2/h8-9,12H,5-7,10H2,1-4H3,(H2,19,27)(H,21,22);1-2H3. The number of nitrogens with zero attached hydrogens (tertiary/aromatic N) is 6. The molecule has 1 unspecified atom stereocenters. The summed E-state index contributed by atoms with van der Waals surface area (Å²) in [7, 11) is 5.43. The van der Waals surface area contributed by atoms with E-state index in [-0.39, 0.29) is 17.8 Å². The van der Waals surface area contributed by atoms with Crippen LogP contribution in [0.3, 0.4) is 0 Å². The maximum Gasteiger partial charge on any atom is 0.319 e. The van der Waals surface area contributed by atoms with Crippen molar-refractivity contribution in [3.8, 4) is 0 Å². The highest BCUT2D eigenvalue weighted by atomic mass is 32.1. The van der Waals surface area contributed by atoms with E-state index in [0.717, 1.165) is 30.1 Å². The highest BCUT2D eigenvalue weighted by molar-refractivity contribution is 7.10. The first-order valence-electron chi connectivity index (χ1n) is 10.3. The molecule has 2 aromatic heterocycles. The number of amides is 3. The topological polar surface area (TPSA) is 121 Å². The van der Waals surface area contributed by atoms with E-state index in [4.69, 9.17) is 5.73 Å². The summed E-state index contributed by atoms with van der Waals surface area (Å²) in [5.74, 6) is 0.237. The van der Waals surface area contributed by atoms with Crippen molar-refractivity contribution in [1.82, 2.24) is 24.1 Å². The van der Waals surface area contributed by atoms with Gasteiger partial charge in [0.05, 0.1) is 11.9 Å². The molecule has 1 aliphatic heterocycles. The van der Waals surface area contributed by atoms with E-state index in [0.29, 0.717) is 18.2 Å². The zero-order chi connectivity index (χ0) is 23.1. The molecule has 3 amide bonds. The molecule has 1 fully saturated rings. The lowest BCUT2D eigenvalue weighted by Crippen LogP contribution is -2.51. The molecule has 0 aliphatic carbocycles. The third kappa shape index (κ3) is 6.03. The number of nitrogens with two attached hydrogens (primary N) is 1. The number of primary amides is 1. The number of aromatic nitrogens is 3. The summed E-state index contributed by atoms with van der Waals surface area (Å²) in [6.07, 6.45) is 3.38. The minimum absolute atomic E-state index is 0.00109. The van der Waals surface area contributed by atoms with Gasteiger partial charge in [-0.3, -0.25) is 4.79 Å². The fourth-order valence-corrected chi connectivity index (χ4v) is 3.93. The highest BCUT2D eigenvalue weighted by Crippen LogP contribution is 2.26. The molecule has 11 heteroatoms. The van der Waals surface area contributed by atoms with E-state index in [2.05, 4.69) is 19.7 Å². The lowest BCUT2D eigenvalue weighted by Gasteiger charge is -2.39. The molecule has 0 radical (unpaired) electrons. The van der Waals surface area contributed by atoms with Crippen LogP contribution in [0.1, 0.15) is 42.9 Å². The maximum absolute atomic E-state index is 12.3. The van der Waals surface area contributed by atoms with E-state index in [1.54, 1.807) is 19.0 Å². The van der Waals surface area contributed by atoms with Crippen molar-refractivity contribution in [3.63, 3.8) is 0 Å². The zero-order valence-electron chi connectivity index (χ0n) is 19.0. The van der Waals surface area contributed by atoms with Crippen LogP contribution in [0.2, 0.25) is 0 Å². The summed E-state index contributed by atoms with van der Waals surface area (Å²) < 4.78 is 4.22. The predicted molar refractivity (Wildman–Crippen MR) is 124 cm³/mol. The predicted octanol–water partition coefficient (Wildman–Crippen LogP) is 2.69. The van der Waals surface area contributed by atoms with Crippen molar-refractivity contribution in [2.24, 2.45) is 5.73 Å². The summed E-state index contributed by atoms with van der Waals surface area (Å²) in [6.45, 7) is 7.23. The molecule has 2 aromatic rings. The third-order valence-corrected chi connectivity index (χ3v) is 5.62. The van der Waals surface area contributed by atoms with Gasteiger partial charge in [0.25, 0.3) is 5.91 Å². The highest BCUT2D eigenvalue weighted by Gasteiger charge is 2.28. The van der Waals surface area contributed by atoms with Gasteiger partial charge >= 0.3 is 6.03 Å². The van der Waals surface area contributed by atoms with E-state index in [1.165, 1.54) is 17.7 Å². The lowest BCUT2D eigenvalue weighted by molar-refractivity contribution is 0.0996. The number of aryl methyl sites for hydroxylation is 1. The molecule has 0 bridgehead atoms. The Hall–Kier alpha value is -2.95. The molecular formula is C20H32N8O2S. The van der Waals surface area contributed by atoms with Crippen LogP contribution in [-0.2, 0) is 0 Å². The summed E-state index contributed by atoms with van der Waals surface area (Å²) >= 11 is 1.27. The number of likely N-dealkylation sites (N-methyl/N-ethyl adjacent to an activating group) is 1. The minimum atomic E-state index is -0.657. The number of piperidine rings is 1. The van der Waals surface area contributed by atoms with Crippen LogP contribution in [0.4, 0.5) is 21.4 Å². The zero-order valence-corrected chi connectivity index (χ0v) is 19.9. The van der Waals surface area contributed by atoms with Gasteiger partial charge in [-0.2, -0.15) is 4.37 Å². The number of likely N-dealkylation sites (tertiary alicyclic amines) is 1. The second kappa shape index (κ2) is 10.9. The Morgan fingerprint density at radius 2 is 2.00 bits per heavy atom. The first-order chi connectivity index (χ1) is 14.8. The van der Waals surface area contributed by atoms with Crippen molar-refractivity contribution < 1.29 is 9.59 Å². The number of carbonyl (C=O) groups excluding carboxylic acids is 2. The van der Waals surface area contributed by atoms with Crippen LogP contribution in [0.25, 0.3) is 0 Å². The van der Waals surface area contributed by atoms with Crippen LogP contribution >= 0.6 is 11.5 Å². The van der Waals surface area contributed by atoms with Crippen molar-refractivity contribution >= 4 is 40.1 Å². The molecular weight excluding hydrogens is 416 g/mol. The molecule has 0 aromatic carbocycles. The first-order valence-corrected chi connectivity index (χ1v) is 11.1. The smallest absolute Gasteiger partial charge is 0.319 e. The van der Waals surface area contributed by atoms with Crippen LogP contribution in [-0.4, -0.2) is 76.4 Å². The van der Waals surface area contributed by atoms with Gasteiger partial charge in [0.1, 0.15) is 10.8 Å². The average Bonchev–Trinajstić information content (AvgIpc) is 3.18. The SMILES string of the molecule is CC.Cc1cc(Nc2nc(N(C)C3CCCN(C(=O)N(C)C)C3)cnc2C(N)=O)sn1. The Kier molecular flexibility index (Phi) is 8.55. The number of anilines is 3. The lowest BCUT2D eigenvalue weighted by atomic mass is 10.0. The van der Waals surface area contributed by atoms with Gasteiger partial charge in [-0.1, -0.05) is 13.8 Å². The number of nitrogens with one attached hydrogen (secondary N) is 1. The molecule has 10 nitrogen and oxygen atoms in total. The van der Waals surface area contributed by atoms with Crippen LogP contribution in [0.5, 0.6) is 0 Å². The molecule has 3 rings (SSSR count). The van der Waals surface area contributed by atoms with Gasteiger partial charge in [0.15, 0.2) is 11.5 Å². The number of urea groups is 1. The van der Waals surface area contributed by atoms with Crippen LogP contribution in [0, 0.1) is 6.92 Å². The van der Waals surface area contributed by atoms with Crippen molar-refractivity contribution in [3.05, 3.63) is 23.7 Å². The monoisotopic (exact) mass is 448 g/mol. The number of hydrogen-bond acceptors (Lipinski definition) is 8. The van der Waals surface area contributed by atoms with Gasteiger partial charge in [0.2, 0.25) is 0 Å². The Balaban J connectivity index is 0.00000166. The van der Waals surface area contributed by atoms with Crippen molar-refractivity contribution in [1.29, 1.82) is 0 Å². The summed E-state index contributed by atoms with van der Waals surface area (Å²) in [5, 5.41) is 3.85. The molecule has 3 heterocycles. The van der Waals surface area contributed by atoms with E-state index >= 15 is 0 Å². The number of hydrogen-bond donors (Lipinski definition) is 2. The van der Waals surface area contributed by atoms with Gasteiger partial charge in [-0.15, -0.1) is 0 Å². The molecule has 1 saturated heterocycles. The van der Waals surface area contributed by atoms with Gasteiger partial charge < -0.3 is 25.8 Å². The van der Waals surface area contributed by atoms with Crippen LogP contribution < -0.4 is 16.0 Å². The molecule has 170 valence electrons. The largest absolute Gasteiger partial charge is 0.364 e. The van der Waals surface area contributed by atoms with Crippen molar-refractivity contribution in [2.75, 3.05) is 44.4 Å². The Labute approximate surface area is 187 Å². The Morgan fingerprint density at radius 1 is 1.29 bits per heavy atom. The summed E-state index contributed by atoms with van der Waals surface area (Å²) in [4.78, 5) is 38.4. The fraction of sp³-hybridized carbons (Fsp3) is 0.550. The molecule has 0 spiro atoms. The fourth-order valence-electron chi connectivity index (χ4n) is 3.27. The molecule has 3 N–H and O–H groups in total.